The molecule has 1 aromatic rings. The number of rotatable bonds is 1. The standard InChI is InChI=1S/C6H11N2.C2H7P.2ClH/c1-3-8-5-4-7(2)6-8;1-3-2;;/h4-6H,3H2,1-2H3;3H,1-2H3;2*1H/q+1;;;/p-1. The summed E-state index contributed by atoms with van der Waals surface area (Å²) < 4.78 is 4.16. The van der Waals surface area contributed by atoms with Crippen LogP contribution >= 0.6 is 21.0 Å². The van der Waals surface area contributed by atoms with E-state index in [1.54, 1.807) is 0 Å². The van der Waals surface area contributed by atoms with E-state index in [1.165, 1.54) is 0 Å². The monoisotopic (exact) mass is 244 g/mol. The maximum Gasteiger partial charge on any atom is 0.243 e. The zero-order valence-electron chi connectivity index (χ0n) is 8.62. The second kappa shape index (κ2) is 12.2. The van der Waals surface area contributed by atoms with Gasteiger partial charge in [0.15, 0.2) is 0 Å². The summed E-state index contributed by atoms with van der Waals surface area (Å²) in [5, 5.41) is 0. The number of imidazole rings is 1. The first kappa shape index (κ1) is 18.9. The van der Waals surface area contributed by atoms with Crippen molar-refractivity contribution in [2.75, 3.05) is 13.3 Å². The summed E-state index contributed by atoms with van der Waals surface area (Å²) in [6.45, 7) is 7.49. The van der Waals surface area contributed by atoms with Crippen molar-refractivity contribution in [2.45, 2.75) is 13.5 Å². The summed E-state index contributed by atoms with van der Waals surface area (Å²) in [6, 6.07) is 0. The second-order valence-corrected chi connectivity index (χ2v) is 3.41. The van der Waals surface area contributed by atoms with Crippen LogP contribution in [-0.4, -0.2) is 17.9 Å². The predicted octanol–water partition coefficient (Wildman–Crippen LogP) is -1.32. The maximum absolute atomic E-state index is 2.15. The molecular formula is C8H19Cl2N2P. The van der Waals surface area contributed by atoms with Crippen LogP contribution in [0, 0.1) is 0 Å². The highest BCUT2D eigenvalue weighted by molar-refractivity contribution is 7.35. The molecule has 0 atom stereocenters. The smallest absolute Gasteiger partial charge is 0.243 e. The molecule has 1 heterocycles. The number of aryl methyl sites for hydroxylation is 2. The van der Waals surface area contributed by atoms with E-state index in [0.29, 0.717) is 0 Å². The van der Waals surface area contributed by atoms with Gasteiger partial charge in [-0.1, -0.05) is 0 Å². The van der Waals surface area contributed by atoms with Crippen LogP contribution in [-0.2, 0) is 13.6 Å². The lowest BCUT2D eigenvalue weighted by atomic mass is 10.7. The van der Waals surface area contributed by atoms with Gasteiger partial charge < -0.3 is 12.4 Å². The highest BCUT2D eigenvalue weighted by atomic mass is 35.5. The lowest BCUT2D eigenvalue weighted by Gasteiger charge is -1.81. The molecule has 1 aromatic heterocycles. The molecule has 0 spiro atoms. The van der Waals surface area contributed by atoms with Crippen molar-refractivity contribution >= 4 is 21.0 Å². The van der Waals surface area contributed by atoms with Crippen LogP contribution in [0.4, 0.5) is 0 Å². The Bertz CT molecular complexity index is 192. The molecule has 0 aliphatic rings. The van der Waals surface area contributed by atoms with Crippen LogP contribution in [0.25, 0.3) is 0 Å². The molecule has 0 unspecified atom stereocenters. The Balaban J connectivity index is -0.000000180. The van der Waals surface area contributed by atoms with E-state index < -0.39 is 0 Å². The molecule has 0 radical (unpaired) electrons. The molecule has 5 heteroatoms. The van der Waals surface area contributed by atoms with Gasteiger partial charge in [-0.3, -0.25) is 0 Å². The minimum Gasteiger partial charge on any atom is -1.00 e. The minimum atomic E-state index is 0. The predicted molar refractivity (Wildman–Crippen MR) is 58.7 cm³/mol. The summed E-state index contributed by atoms with van der Waals surface area (Å²) in [7, 11) is 3.10. The summed E-state index contributed by atoms with van der Waals surface area (Å²) >= 11 is 0. The lowest BCUT2D eigenvalue weighted by Crippen LogP contribution is -3.00. The zero-order valence-corrected chi connectivity index (χ0v) is 11.2. The Morgan fingerprint density at radius 3 is 2.00 bits per heavy atom. The molecule has 80 valence electrons. The van der Waals surface area contributed by atoms with Crippen molar-refractivity contribution < 1.29 is 17.0 Å². The van der Waals surface area contributed by atoms with Gasteiger partial charge in [0.05, 0.1) is 13.6 Å². The van der Waals surface area contributed by atoms with Gasteiger partial charge in [-0.2, -0.15) is 0 Å². The van der Waals surface area contributed by atoms with Gasteiger partial charge in [0, 0.05) is 0 Å². The Hall–Kier alpha value is 0.220. The van der Waals surface area contributed by atoms with Crippen LogP contribution in [0.1, 0.15) is 6.92 Å². The van der Waals surface area contributed by atoms with Crippen LogP contribution in [0.2, 0.25) is 0 Å². The first-order valence-electron chi connectivity index (χ1n) is 3.84. The molecule has 0 bridgehead atoms. The van der Waals surface area contributed by atoms with E-state index in [-0.39, 0.29) is 24.8 Å². The van der Waals surface area contributed by atoms with Gasteiger partial charge in [0.25, 0.3) is 0 Å². The van der Waals surface area contributed by atoms with Crippen LogP contribution < -0.4 is 17.0 Å². The Kier molecular flexibility index (Phi) is 17.8. The summed E-state index contributed by atoms with van der Waals surface area (Å²) in [5.41, 5.74) is 0. The number of nitrogens with zero attached hydrogens (tertiary/aromatic N) is 2. The van der Waals surface area contributed by atoms with Gasteiger partial charge in [0.2, 0.25) is 6.33 Å². The summed E-state index contributed by atoms with van der Waals surface area (Å²) in [6.07, 6.45) is 6.14. The number of hydrogen-bond acceptors (Lipinski definition) is 0. The van der Waals surface area contributed by atoms with Gasteiger partial charge in [-0.05, 0) is 20.3 Å². The van der Waals surface area contributed by atoms with E-state index in [9.17, 15) is 0 Å². The first-order chi connectivity index (χ1) is 5.24. The highest BCUT2D eigenvalue weighted by Gasteiger charge is 1.92. The maximum atomic E-state index is 2.15. The molecule has 0 amide bonds. The average Bonchev–Trinajstić information content (AvgIpc) is 2.37. The molecule has 0 saturated carbocycles. The average molecular weight is 245 g/mol. The van der Waals surface area contributed by atoms with E-state index in [2.05, 4.69) is 37.3 Å². The molecule has 2 nitrogen and oxygen atoms in total. The van der Waals surface area contributed by atoms with Gasteiger partial charge in [-0.15, -0.1) is 21.0 Å². The Labute approximate surface area is 95.3 Å². The molecule has 0 aliphatic carbocycles. The van der Waals surface area contributed by atoms with E-state index >= 15 is 0 Å². The molecule has 0 N–H and O–H groups in total. The van der Waals surface area contributed by atoms with Gasteiger partial charge in [-0.25, -0.2) is 9.13 Å². The van der Waals surface area contributed by atoms with Crippen LogP contribution in [0.3, 0.4) is 0 Å². The van der Waals surface area contributed by atoms with Crippen LogP contribution in [0.15, 0.2) is 18.7 Å². The fraction of sp³-hybridized carbons (Fsp3) is 0.625. The topological polar surface area (TPSA) is 8.81 Å². The van der Waals surface area contributed by atoms with Crippen molar-refractivity contribution in [3.05, 3.63) is 18.7 Å². The first-order valence-corrected chi connectivity index (χ1v) is 5.84. The van der Waals surface area contributed by atoms with E-state index in [1.807, 2.05) is 17.8 Å². The lowest BCUT2D eigenvalue weighted by molar-refractivity contribution is -0.671. The summed E-state index contributed by atoms with van der Waals surface area (Å²) in [4.78, 5) is 0. The van der Waals surface area contributed by atoms with Gasteiger partial charge in [0.1, 0.15) is 12.4 Å². The van der Waals surface area contributed by atoms with E-state index in [4.69, 9.17) is 0 Å². The van der Waals surface area contributed by atoms with Gasteiger partial charge >= 0.3 is 0 Å². The third kappa shape index (κ3) is 10.1. The SMILES string of the molecule is CCn1cc[n+](C)c1.CPC.Cl.[Cl-]. The number of aromatic nitrogens is 2. The number of halogens is 2. The Morgan fingerprint density at radius 1 is 1.38 bits per heavy atom. The third-order valence-corrected chi connectivity index (χ3v) is 1.19. The quantitative estimate of drug-likeness (QED) is 0.429. The van der Waals surface area contributed by atoms with Crippen molar-refractivity contribution in [1.29, 1.82) is 0 Å². The van der Waals surface area contributed by atoms with Crippen LogP contribution in [0.5, 0.6) is 0 Å². The van der Waals surface area contributed by atoms with Crippen molar-refractivity contribution in [3.8, 4) is 0 Å². The van der Waals surface area contributed by atoms with Crippen molar-refractivity contribution in [2.24, 2.45) is 7.05 Å². The molecule has 0 aliphatic heterocycles. The zero-order chi connectivity index (χ0) is 8.69. The molecule has 0 aromatic carbocycles. The fourth-order valence-electron chi connectivity index (χ4n) is 0.689. The highest BCUT2D eigenvalue weighted by Crippen LogP contribution is 1.84. The largest absolute Gasteiger partial charge is 1.00 e. The second-order valence-electron chi connectivity index (χ2n) is 2.41. The molecule has 1 rings (SSSR count). The Morgan fingerprint density at radius 2 is 1.85 bits per heavy atom. The molecule has 0 fully saturated rings. The number of hydrogen-bond donors (Lipinski definition) is 0. The molecular weight excluding hydrogens is 226 g/mol. The third-order valence-electron chi connectivity index (χ3n) is 1.19. The van der Waals surface area contributed by atoms with E-state index in [0.717, 1.165) is 15.1 Å². The fourth-order valence-corrected chi connectivity index (χ4v) is 0.689. The molecule has 13 heavy (non-hydrogen) atoms. The normalized spacial score (nSPS) is 7.38. The summed E-state index contributed by atoms with van der Waals surface area (Å²) in [5.74, 6) is 0. The molecule has 0 saturated heterocycles. The van der Waals surface area contributed by atoms with Crippen molar-refractivity contribution in [3.63, 3.8) is 0 Å². The minimum absolute atomic E-state index is 0. The van der Waals surface area contributed by atoms with Crippen molar-refractivity contribution in [1.82, 2.24) is 4.57 Å².